The van der Waals surface area contributed by atoms with E-state index in [1.807, 2.05) is 18.7 Å². The van der Waals surface area contributed by atoms with Gasteiger partial charge in [-0.15, -0.1) is 0 Å². The van der Waals surface area contributed by atoms with Crippen molar-refractivity contribution in [1.29, 1.82) is 0 Å². The maximum atomic E-state index is 10.3. The summed E-state index contributed by atoms with van der Waals surface area (Å²) in [5, 5.41) is 20.5. The van der Waals surface area contributed by atoms with Crippen molar-refractivity contribution in [2.75, 3.05) is 18.1 Å². The molecule has 2 N–H and O–H groups in total. The highest BCUT2D eigenvalue weighted by Gasteiger charge is 2.45. The fraction of sp³-hybridized carbons (Fsp3) is 1.00. The van der Waals surface area contributed by atoms with E-state index >= 15 is 0 Å². The average molecular weight is 260 g/mol. The number of aliphatic hydroxyl groups is 2. The summed E-state index contributed by atoms with van der Waals surface area (Å²) >= 11 is 1.94. The van der Waals surface area contributed by atoms with Gasteiger partial charge in [0.25, 0.3) is 0 Å². The molecule has 2 aliphatic heterocycles. The first kappa shape index (κ1) is 13.7. The highest BCUT2D eigenvalue weighted by molar-refractivity contribution is 7.99. The van der Waals surface area contributed by atoms with Crippen LogP contribution in [0.4, 0.5) is 0 Å². The number of ether oxygens (including phenoxy) is 1. The Labute approximate surface area is 108 Å². The highest BCUT2D eigenvalue weighted by atomic mass is 32.2. The molecule has 0 saturated carbocycles. The third kappa shape index (κ3) is 2.80. The van der Waals surface area contributed by atoms with Crippen LogP contribution in [-0.4, -0.2) is 45.6 Å². The van der Waals surface area contributed by atoms with Gasteiger partial charge in [0.15, 0.2) is 0 Å². The van der Waals surface area contributed by atoms with Crippen LogP contribution in [0.15, 0.2) is 0 Å². The zero-order valence-electron chi connectivity index (χ0n) is 10.8. The molecule has 17 heavy (non-hydrogen) atoms. The minimum Gasteiger partial charge on any atom is -0.390 e. The molecule has 0 aliphatic carbocycles. The second kappa shape index (κ2) is 5.08. The van der Waals surface area contributed by atoms with Gasteiger partial charge >= 0.3 is 0 Å². The quantitative estimate of drug-likeness (QED) is 0.812. The monoisotopic (exact) mass is 260 g/mol. The van der Waals surface area contributed by atoms with E-state index in [1.54, 1.807) is 6.92 Å². The minimum atomic E-state index is -0.963. The van der Waals surface area contributed by atoms with Gasteiger partial charge in [-0.25, -0.2) is 0 Å². The molecule has 0 bridgehead atoms. The van der Waals surface area contributed by atoms with Gasteiger partial charge in [0.2, 0.25) is 0 Å². The molecular weight excluding hydrogens is 236 g/mol. The predicted octanol–water partition coefficient (Wildman–Crippen LogP) is 1.81. The molecule has 100 valence electrons. The first-order valence-electron chi connectivity index (χ1n) is 6.61. The highest BCUT2D eigenvalue weighted by Crippen LogP contribution is 2.42. The van der Waals surface area contributed by atoms with Crippen LogP contribution in [0.5, 0.6) is 0 Å². The van der Waals surface area contributed by atoms with Gasteiger partial charge in [0.1, 0.15) is 0 Å². The lowest BCUT2D eigenvalue weighted by molar-refractivity contribution is -0.145. The molecule has 2 rings (SSSR count). The van der Waals surface area contributed by atoms with Crippen LogP contribution in [0.3, 0.4) is 0 Å². The largest absolute Gasteiger partial charge is 0.390 e. The molecule has 1 spiro atoms. The zero-order chi connectivity index (χ0) is 12.5. The Morgan fingerprint density at radius 2 is 2.35 bits per heavy atom. The molecule has 0 radical (unpaired) electrons. The Kier molecular flexibility index (Phi) is 4.08. The van der Waals surface area contributed by atoms with E-state index in [9.17, 15) is 10.2 Å². The van der Waals surface area contributed by atoms with Gasteiger partial charge in [-0.2, -0.15) is 11.8 Å². The first-order valence-corrected chi connectivity index (χ1v) is 7.77. The standard InChI is InChI=1S/C13H24O3S/c1-3-12(2,15)11(14)10-4-6-16-13(8-10)5-7-17-9-13/h10-11,14-15H,3-9H2,1-2H3. The van der Waals surface area contributed by atoms with Crippen molar-refractivity contribution in [1.82, 2.24) is 0 Å². The van der Waals surface area contributed by atoms with Crippen LogP contribution in [0, 0.1) is 5.92 Å². The first-order chi connectivity index (χ1) is 7.99. The third-order valence-electron chi connectivity index (χ3n) is 4.40. The van der Waals surface area contributed by atoms with Gasteiger partial charge in [0, 0.05) is 12.4 Å². The predicted molar refractivity (Wildman–Crippen MR) is 70.3 cm³/mol. The molecule has 0 aromatic heterocycles. The maximum Gasteiger partial charge on any atom is 0.0877 e. The molecular formula is C13H24O3S. The van der Waals surface area contributed by atoms with Crippen molar-refractivity contribution >= 4 is 11.8 Å². The maximum absolute atomic E-state index is 10.3. The number of rotatable bonds is 3. The number of aliphatic hydroxyl groups excluding tert-OH is 1. The van der Waals surface area contributed by atoms with Gasteiger partial charge in [-0.05, 0) is 44.3 Å². The smallest absolute Gasteiger partial charge is 0.0877 e. The van der Waals surface area contributed by atoms with Crippen molar-refractivity contribution in [3.63, 3.8) is 0 Å². The lowest BCUT2D eigenvalue weighted by Crippen LogP contribution is -2.50. The van der Waals surface area contributed by atoms with Crippen LogP contribution >= 0.6 is 11.8 Å². The molecule has 4 heteroatoms. The van der Waals surface area contributed by atoms with Crippen LogP contribution in [0.2, 0.25) is 0 Å². The van der Waals surface area contributed by atoms with Crippen LogP contribution < -0.4 is 0 Å². The lowest BCUT2D eigenvalue weighted by atomic mass is 9.76. The van der Waals surface area contributed by atoms with Crippen LogP contribution in [0.1, 0.15) is 39.5 Å². The molecule has 3 nitrogen and oxygen atoms in total. The van der Waals surface area contributed by atoms with E-state index in [2.05, 4.69) is 0 Å². The fourth-order valence-corrected chi connectivity index (χ4v) is 4.29. The van der Waals surface area contributed by atoms with E-state index in [0.717, 1.165) is 37.4 Å². The van der Waals surface area contributed by atoms with E-state index in [0.29, 0.717) is 6.42 Å². The molecule has 2 saturated heterocycles. The number of thioether (sulfide) groups is 1. The second-order valence-corrected chi connectivity index (χ2v) is 6.85. The molecule has 2 aliphatic rings. The molecule has 4 unspecified atom stereocenters. The van der Waals surface area contributed by atoms with Gasteiger partial charge in [0.05, 0.1) is 17.3 Å². The normalized spacial score (nSPS) is 39.2. The van der Waals surface area contributed by atoms with Crippen LogP contribution in [-0.2, 0) is 4.74 Å². The number of hydrogen-bond acceptors (Lipinski definition) is 4. The topological polar surface area (TPSA) is 49.7 Å². The summed E-state index contributed by atoms with van der Waals surface area (Å²) < 4.78 is 5.94. The Bertz CT molecular complexity index is 261. The molecule has 2 heterocycles. The summed E-state index contributed by atoms with van der Waals surface area (Å²) in [5.74, 6) is 2.38. The Morgan fingerprint density at radius 1 is 1.59 bits per heavy atom. The van der Waals surface area contributed by atoms with Crippen molar-refractivity contribution in [2.45, 2.75) is 56.8 Å². The van der Waals surface area contributed by atoms with E-state index in [1.165, 1.54) is 0 Å². The molecule has 0 aromatic rings. The zero-order valence-corrected chi connectivity index (χ0v) is 11.6. The Hall–Kier alpha value is 0.230. The molecule has 0 amide bonds. The SMILES string of the molecule is CCC(C)(O)C(O)C1CCOC2(CCSC2)C1. The Morgan fingerprint density at radius 3 is 2.94 bits per heavy atom. The fourth-order valence-electron chi connectivity index (χ4n) is 2.92. The van der Waals surface area contributed by atoms with E-state index < -0.39 is 11.7 Å². The van der Waals surface area contributed by atoms with Crippen LogP contribution in [0.25, 0.3) is 0 Å². The van der Waals surface area contributed by atoms with Crippen molar-refractivity contribution < 1.29 is 14.9 Å². The summed E-state index contributed by atoms with van der Waals surface area (Å²) in [4.78, 5) is 0. The summed E-state index contributed by atoms with van der Waals surface area (Å²) in [5.41, 5.74) is -0.979. The summed E-state index contributed by atoms with van der Waals surface area (Å²) in [6.07, 6.45) is 2.82. The molecule has 0 aromatic carbocycles. The summed E-state index contributed by atoms with van der Waals surface area (Å²) in [6.45, 7) is 4.38. The van der Waals surface area contributed by atoms with Gasteiger partial charge in [-0.1, -0.05) is 6.92 Å². The van der Waals surface area contributed by atoms with Gasteiger partial charge < -0.3 is 14.9 Å². The second-order valence-electron chi connectivity index (χ2n) is 5.74. The van der Waals surface area contributed by atoms with Gasteiger partial charge in [-0.3, -0.25) is 0 Å². The third-order valence-corrected chi connectivity index (χ3v) is 5.62. The van der Waals surface area contributed by atoms with Crippen molar-refractivity contribution in [3.8, 4) is 0 Å². The van der Waals surface area contributed by atoms with Crippen molar-refractivity contribution in [2.24, 2.45) is 5.92 Å². The number of hydrogen-bond donors (Lipinski definition) is 2. The lowest BCUT2D eigenvalue weighted by Gasteiger charge is -2.42. The summed E-state index contributed by atoms with van der Waals surface area (Å²) in [6, 6.07) is 0. The minimum absolute atomic E-state index is 0.0155. The van der Waals surface area contributed by atoms with Crippen molar-refractivity contribution in [3.05, 3.63) is 0 Å². The average Bonchev–Trinajstić information content (AvgIpc) is 2.76. The molecule has 2 fully saturated rings. The van der Waals surface area contributed by atoms with E-state index in [-0.39, 0.29) is 11.5 Å². The molecule has 4 atom stereocenters. The summed E-state index contributed by atoms with van der Waals surface area (Å²) in [7, 11) is 0. The van der Waals surface area contributed by atoms with E-state index in [4.69, 9.17) is 4.74 Å². The Balaban J connectivity index is 2.02.